The minimum Gasteiger partial charge on any atom is -0.380 e. The number of aliphatic imine (C=N–C) groups is 2. The van der Waals surface area contributed by atoms with Gasteiger partial charge in [-0.2, -0.15) is 0 Å². The van der Waals surface area contributed by atoms with Crippen molar-refractivity contribution >= 4 is 18.0 Å². The maximum atomic E-state index is 4.67. The second kappa shape index (κ2) is 9.78. The van der Waals surface area contributed by atoms with Gasteiger partial charge in [0, 0.05) is 19.3 Å². The van der Waals surface area contributed by atoms with Crippen LogP contribution in [0.1, 0.15) is 50.8 Å². The molecule has 1 aromatic carbocycles. The van der Waals surface area contributed by atoms with Crippen LogP contribution < -0.4 is 5.32 Å². The molecule has 2 rings (SSSR count). The summed E-state index contributed by atoms with van der Waals surface area (Å²) in [4.78, 5) is 10.5. The highest BCUT2D eigenvalue weighted by Gasteiger charge is 2.19. The fourth-order valence-electron chi connectivity index (χ4n) is 3.61. The molecular formula is C27H36N4. The number of rotatable bonds is 8. The third kappa shape index (κ3) is 6.42. The molecule has 0 saturated heterocycles. The number of aryl methyl sites for hydroxylation is 1. The molecule has 1 aromatic rings. The summed E-state index contributed by atoms with van der Waals surface area (Å²) in [5.41, 5.74) is 8.49. The molecule has 0 unspecified atom stereocenters. The lowest BCUT2D eigenvalue weighted by molar-refractivity contribution is 0.427. The van der Waals surface area contributed by atoms with Crippen molar-refractivity contribution in [2.75, 3.05) is 7.05 Å². The Morgan fingerprint density at radius 3 is 2.45 bits per heavy atom. The van der Waals surface area contributed by atoms with Crippen LogP contribution >= 0.6 is 0 Å². The van der Waals surface area contributed by atoms with Gasteiger partial charge in [0.2, 0.25) is 0 Å². The van der Waals surface area contributed by atoms with Crippen LogP contribution in [0.15, 0.2) is 83.0 Å². The number of hydrogen-bond acceptors (Lipinski definition) is 4. The first-order valence-electron chi connectivity index (χ1n) is 10.5. The second-order valence-electron chi connectivity index (χ2n) is 9.36. The number of likely N-dealkylation sites (N-methyl/N-ethyl adjacent to an activating group) is 1. The minimum absolute atomic E-state index is 0.223. The molecular weight excluding hydrogens is 380 g/mol. The van der Waals surface area contributed by atoms with Crippen LogP contribution in [0.2, 0.25) is 0 Å². The molecule has 1 N–H and O–H groups in total. The van der Waals surface area contributed by atoms with E-state index in [2.05, 4.69) is 87.6 Å². The normalized spacial score (nSPS) is 15.3. The monoisotopic (exact) mass is 416 g/mol. The Bertz CT molecular complexity index is 997. The molecule has 0 aliphatic carbocycles. The molecule has 4 heteroatoms. The van der Waals surface area contributed by atoms with E-state index in [4.69, 9.17) is 0 Å². The van der Waals surface area contributed by atoms with Crippen LogP contribution in [-0.2, 0) is 6.54 Å². The van der Waals surface area contributed by atoms with Gasteiger partial charge < -0.3 is 10.2 Å². The predicted molar refractivity (Wildman–Crippen MR) is 136 cm³/mol. The van der Waals surface area contributed by atoms with Gasteiger partial charge >= 0.3 is 0 Å². The van der Waals surface area contributed by atoms with Crippen molar-refractivity contribution in [3.05, 3.63) is 89.7 Å². The Kier molecular flexibility index (Phi) is 7.61. The maximum absolute atomic E-state index is 4.67. The third-order valence-electron chi connectivity index (χ3n) is 5.09. The molecule has 1 aliphatic rings. The van der Waals surface area contributed by atoms with E-state index < -0.39 is 0 Å². The molecule has 0 radical (unpaired) electrons. The number of hydrogen-bond donors (Lipinski definition) is 1. The lowest BCUT2D eigenvalue weighted by Crippen LogP contribution is -2.26. The zero-order valence-corrected chi connectivity index (χ0v) is 20.0. The van der Waals surface area contributed by atoms with E-state index in [1.54, 1.807) is 6.20 Å². The van der Waals surface area contributed by atoms with Crippen LogP contribution in [0.4, 0.5) is 0 Å². The van der Waals surface area contributed by atoms with Crippen LogP contribution in [0.5, 0.6) is 0 Å². The molecule has 0 aromatic heterocycles. The summed E-state index contributed by atoms with van der Waals surface area (Å²) in [6, 6.07) is 6.53. The van der Waals surface area contributed by atoms with Gasteiger partial charge in [0.05, 0.1) is 17.6 Å². The summed E-state index contributed by atoms with van der Waals surface area (Å²) >= 11 is 0. The summed E-state index contributed by atoms with van der Waals surface area (Å²) in [5.74, 6) is 0.700. The van der Waals surface area contributed by atoms with E-state index in [-0.39, 0.29) is 5.41 Å². The van der Waals surface area contributed by atoms with Crippen molar-refractivity contribution < 1.29 is 0 Å². The second-order valence-corrected chi connectivity index (χ2v) is 9.36. The molecule has 0 amide bonds. The van der Waals surface area contributed by atoms with E-state index in [1.165, 1.54) is 22.3 Å². The largest absolute Gasteiger partial charge is 0.380 e. The molecule has 4 nitrogen and oxygen atoms in total. The van der Waals surface area contributed by atoms with Crippen molar-refractivity contribution in [3.63, 3.8) is 0 Å². The average molecular weight is 417 g/mol. The van der Waals surface area contributed by atoms with E-state index in [1.807, 2.05) is 24.9 Å². The van der Waals surface area contributed by atoms with Crippen LogP contribution in [-0.4, -0.2) is 24.4 Å². The Labute approximate surface area is 188 Å². The van der Waals surface area contributed by atoms with Crippen molar-refractivity contribution in [3.8, 4) is 0 Å². The van der Waals surface area contributed by atoms with Gasteiger partial charge in [-0.05, 0) is 66.3 Å². The molecule has 0 spiro atoms. The first-order chi connectivity index (χ1) is 14.4. The molecule has 0 saturated carbocycles. The average Bonchev–Trinajstić information content (AvgIpc) is 2.66. The van der Waals surface area contributed by atoms with Crippen LogP contribution in [0, 0.1) is 12.3 Å². The first kappa shape index (κ1) is 24.1. The number of benzene rings is 1. The van der Waals surface area contributed by atoms with E-state index in [0.717, 1.165) is 29.1 Å². The van der Waals surface area contributed by atoms with Gasteiger partial charge in [0.15, 0.2) is 5.82 Å². The lowest BCUT2D eigenvalue weighted by Gasteiger charge is -2.28. The highest BCUT2D eigenvalue weighted by Crippen LogP contribution is 2.31. The summed E-state index contributed by atoms with van der Waals surface area (Å²) in [6.45, 7) is 27.6. The standard InChI is InChI=1S/C27H36N4/c1-18(2)25-14-24(30-26(17-28-9)31(25)10)21(5)29-16-22-11-12-23(19(3)13-22)20(4)15-27(6,7)8/h11-14,17,29H,1,4-5,9,15-16H2,2-3,6-8,10H3/b26-17-. The van der Waals surface area contributed by atoms with E-state index >= 15 is 0 Å². The highest BCUT2D eigenvalue weighted by molar-refractivity contribution is 6.09. The van der Waals surface area contributed by atoms with Gasteiger partial charge in [-0.3, -0.25) is 4.99 Å². The summed E-state index contributed by atoms with van der Waals surface area (Å²) < 4.78 is 0. The Morgan fingerprint density at radius 1 is 1.23 bits per heavy atom. The smallest absolute Gasteiger partial charge is 0.151 e. The zero-order chi connectivity index (χ0) is 23.3. The van der Waals surface area contributed by atoms with Crippen molar-refractivity contribution in [1.29, 1.82) is 0 Å². The fraction of sp³-hybridized carbons (Fsp3) is 0.333. The summed E-state index contributed by atoms with van der Waals surface area (Å²) in [6.07, 6.45) is 4.60. The number of nitrogens with zero attached hydrogens (tertiary/aromatic N) is 3. The Hall–Kier alpha value is -3.14. The van der Waals surface area contributed by atoms with Gasteiger partial charge in [-0.1, -0.05) is 58.7 Å². The van der Waals surface area contributed by atoms with Crippen LogP contribution in [0.25, 0.3) is 5.57 Å². The molecule has 0 atom stereocenters. The van der Waals surface area contributed by atoms with Gasteiger partial charge in [-0.25, -0.2) is 4.99 Å². The van der Waals surface area contributed by atoms with E-state index in [0.29, 0.717) is 12.4 Å². The summed E-state index contributed by atoms with van der Waals surface area (Å²) in [7, 11) is 1.94. The highest BCUT2D eigenvalue weighted by atomic mass is 15.2. The minimum atomic E-state index is 0.223. The third-order valence-corrected chi connectivity index (χ3v) is 5.09. The van der Waals surface area contributed by atoms with Gasteiger partial charge in [-0.15, -0.1) is 0 Å². The maximum Gasteiger partial charge on any atom is 0.151 e. The lowest BCUT2D eigenvalue weighted by atomic mass is 9.84. The van der Waals surface area contributed by atoms with Crippen molar-refractivity contribution in [1.82, 2.24) is 10.2 Å². The van der Waals surface area contributed by atoms with Crippen molar-refractivity contribution in [2.24, 2.45) is 15.4 Å². The topological polar surface area (TPSA) is 40.0 Å². The van der Waals surface area contributed by atoms with Crippen molar-refractivity contribution in [2.45, 2.75) is 47.6 Å². The Morgan fingerprint density at radius 2 is 1.90 bits per heavy atom. The molecule has 1 aliphatic heterocycles. The fourth-order valence-corrected chi connectivity index (χ4v) is 3.61. The quantitative estimate of drug-likeness (QED) is 0.499. The summed E-state index contributed by atoms with van der Waals surface area (Å²) in [5, 5.41) is 3.41. The SMILES string of the molecule is C=N/C=C1/N=C(C(=C)NCc2ccc(C(=C)CC(C)(C)C)c(C)c2)C=C(C(=C)C)N1C. The first-order valence-corrected chi connectivity index (χ1v) is 10.5. The molecule has 31 heavy (non-hydrogen) atoms. The molecule has 164 valence electrons. The number of nitrogens with one attached hydrogen (secondary N) is 1. The van der Waals surface area contributed by atoms with E-state index in [9.17, 15) is 0 Å². The molecule has 1 heterocycles. The van der Waals surface area contributed by atoms with Crippen LogP contribution in [0.3, 0.4) is 0 Å². The molecule has 0 bridgehead atoms. The van der Waals surface area contributed by atoms with Gasteiger partial charge in [0.25, 0.3) is 0 Å². The zero-order valence-electron chi connectivity index (χ0n) is 20.0. The van der Waals surface area contributed by atoms with Gasteiger partial charge in [0.1, 0.15) is 0 Å². The Balaban J connectivity index is 2.15. The predicted octanol–water partition coefficient (Wildman–Crippen LogP) is 6.39. The molecule has 0 fully saturated rings. The number of allylic oxidation sites excluding steroid dienone is 3.